The highest BCUT2D eigenvalue weighted by atomic mass is 79.9. The zero-order chi connectivity index (χ0) is 25.8. The number of carbonyl (C=O) groups is 2. The number of nitrogens with one attached hydrogen (secondary N) is 1. The van der Waals surface area contributed by atoms with Crippen molar-refractivity contribution in [1.29, 1.82) is 0 Å². The molecule has 5 nitrogen and oxygen atoms in total. The first kappa shape index (κ1) is 25.8. The molecule has 1 heterocycles. The summed E-state index contributed by atoms with van der Waals surface area (Å²) in [7, 11) is 0. The van der Waals surface area contributed by atoms with E-state index in [0.717, 1.165) is 15.6 Å². The van der Waals surface area contributed by atoms with Gasteiger partial charge in [0.25, 0.3) is 5.91 Å². The molecule has 4 rings (SSSR count). The van der Waals surface area contributed by atoms with E-state index in [4.69, 9.17) is 16.6 Å². The maximum Gasteiger partial charge on any atom is 0.303 e. The first-order valence-corrected chi connectivity index (χ1v) is 12.5. The highest BCUT2D eigenvalue weighted by molar-refractivity contribution is 9.10. The van der Waals surface area contributed by atoms with Crippen LogP contribution in [0.15, 0.2) is 71.2 Å². The lowest BCUT2D eigenvalue weighted by molar-refractivity contribution is -0.137. The first-order valence-electron chi connectivity index (χ1n) is 11.3. The summed E-state index contributed by atoms with van der Waals surface area (Å²) in [5, 5.41) is 13.2. The molecule has 0 radical (unpaired) electrons. The number of fused-ring (bicyclic) bond motifs is 1. The van der Waals surface area contributed by atoms with Crippen molar-refractivity contribution in [2.75, 3.05) is 6.54 Å². The number of amides is 1. The van der Waals surface area contributed by atoms with Crippen LogP contribution in [0, 0.1) is 12.7 Å². The van der Waals surface area contributed by atoms with Gasteiger partial charge in [-0.25, -0.2) is 9.37 Å². The molecule has 8 heteroatoms. The van der Waals surface area contributed by atoms with Crippen LogP contribution in [-0.2, 0) is 4.79 Å². The summed E-state index contributed by atoms with van der Waals surface area (Å²) in [5.41, 5.74) is 3.91. The molecule has 184 valence electrons. The molecule has 1 amide bonds. The minimum atomic E-state index is -0.979. The third-order valence-electron chi connectivity index (χ3n) is 6.08. The van der Waals surface area contributed by atoms with Gasteiger partial charge in [0.1, 0.15) is 5.82 Å². The van der Waals surface area contributed by atoms with Crippen LogP contribution < -0.4 is 5.32 Å². The van der Waals surface area contributed by atoms with Crippen molar-refractivity contribution in [3.8, 4) is 11.3 Å². The quantitative estimate of drug-likeness (QED) is 0.236. The predicted octanol–water partition coefficient (Wildman–Crippen LogP) is 7.14. The molecule has 0 fully saturated rings. The molecule has 0 saturated heterocycles. The van der Waals surface area contributed by atoms with Gasteiger partial charge < -0.3 is 10.4 Å². The van der Waals surface area contributed by atoms with Crippen LogP contribution >= 0.6 is 27.5 Å². The molecule has 36 heavy (non-hydrogen) atoms. The summed E-state index contributed by atoms with van der Waals surface area (Å²) in [5.74, 6) is -2.27. The van der Waals surface area contributed by atoms with Crippen LogP contribution in [0.5, 0.6) is 0 Å². The number of hydrogen-bond acceptors (Lipinski definition) is 3. The Balaban J connectivity index is 1.72. The standard InChI is InChI=1S/C28H23BrClFN2O3/c1-16-26(22-13-19(29)8-11-24(22)33-27(16)17-5-3-2-4-6-17)28(36)32-15-18(7-12-25(34)35)21-14-20(31)9-10-23(21)30/h2-6,8-11,13-14,18H,7,12,15H2,1H3,(H,32,36)(H,34,35). The Morgan fingerprint density at radius 2 is 1.86 bits per heavy atom. The van der Waals surface area contributed by atoms with Crippen LogP contribution in [0.2, 0.25) is 5.02 Å². The second-order valence-corrected chi connectivity index (χ2v) is 9.82. The summed E-state index contributed by atoms with van der Waals surface area (Å²) in [6, 6.07) is 19.2. The van der Waals surface area contributed by atoms with Crippen molar-refractivity contribution in [2.45, 2.75) is 25.7 Å². The third kappa shape index (κ3) is 5.74. The number of carboxylic acid groups (broad SMARTS) is 1. The molecule has 3 aromatic carbocycles. The Kier molecular flexibility index (Phi) is 8.01. The zero-order valence-corrected chi connectivity index (χ0v) is 21.7. The number of aliphatic carboxylic acids is 1. The van der Waals surface area contributed by atoms with E-state index >= 15 is 0 Å². The summed E-state index contributed by atoms with van der Waals surface area (Å²) in [4.78, 5) is 29.7. The molecule has 4 aromatic rings. The Hall–Kier alpha value is -3.29. The lowest BCUT2D eigenvalue weighted by Crippen LogP contribution is -2.30. The molecule has 0 bridgehead atoms. The summed E-state index contributed by atoms with van der Waals surface area (Å²) < 4.78 is 14.8. The van der Waals surface area contributed by atoms with Gasteiger partial charge >= 0.3 is 5.97 Å². The largest absolute Gasteiger partial charge is 0.481 e. The monoisotopic (exact) mass is 568 g/mol. The Labute approximate surface area is 221 Å². The van der Waals surface area contributed by atoms with Crippen LogP contribution in [0.1, 0.15) is 40.2 Å². The van der Waals surface area contributed by atoms with Gasteiger partial charge in [0.15, 0.2) is 0 Å². The second-order valence-electron chi connectivity index (χ2n) is 8.49. The number of hydrogen-bond donors (Lipinski definition) is 2. The van der Waals surface area contributed by atoms with Crippen molar-refractivity contribution in [3.05, 3.63) is 98.7 Å². The van der Waals surface area contributed by atoms with E-state index in [-0.39, 0.29) is 25.3 Å². The number of carbonyl (C=O) groups excluding carboxylic acids is 1. The van der Waals surface area contributed by atoms with E-state index in [9.17, 15) is 19.1 Å². The van der Waals surface area contributed by atoms with E-state index in [1.807, 2.05) is 55.5 Å². The van der Waals surface area contributed by atoms with Crippen molar-refractivity contribution in [1.82, 2.24) is 10.3 Å². The Morgan fingerprint density at radius 1 is 1.11 bits per heavy atom. The normalized spacial score (nSPS) is 11.9. The SMILES string of the molecule is Cc1c(-c2ccccc2)nc2ccc(Br)cc2c1C(=O)NCC(CCC(=O)O)c1cc(F)ccc1Cl. The third-order valence-corrected chi connectivity index (χ3v) is 6.92. The van der Waals surface area contributed by atoms with E-state index in [1.54, 1.807) is 0 Å². The van der Waals surface area contributed by atoms with Crippen LogP contribution in [0.25, 0.3) is 22.2 Å². The van der Waals surface area contributed by atoms with Crippen molar-refractivity contribution in [2.24, 2.45) is 0 Å². The summed E-state index contributed by atoms with van der Waals surface area (Å²) in [6.45, 7) is 1.95. The Bertz CT molecular complexity index is 1450. The molecule has 0 aliphatic heterocycles. The number of benzene rings is 3. The fourth-order valence-corrected chi connectivity index (χ4v) is 4.93. The van der Waals surface area contributed by atoms with Gasteiger partial charge in [-0.05, 0) is 60.9 Å². The van der Waals surface area contributed by atoms with Gasteiger partial charge in [0.2, 0.25) is 0 Å². The molecule has 0 saturated carbocycles. The first-order chi connectivity index (χ1) is 17.2. The second kappa shape index (κ2) is 11.2. The van der Waals surface area contributed by atoms with E-state index < -0.39 is 17.7 Å². The fourth-order valence-electron chi connectivity index (χ4n) is 4.30. The highest BCUT2D eigenvalue weighted by Gasteiger charge is 2.22. The average molecular weight is 570 g/mol. The van der Waals surface area contributed by atoms with Gasteiger partial charge in [-0.15, -0.1) is 0 Å². The molecule has 0 aliphatic carbocycles. The van der Waals surface area contributed by atoms with Crippen molar-refractivity contribution in [3.63, 3.8) is 0 Å². The number of aromatic nitrogens is 1. The number of nitrogens with zero attached hydrogens (tertiary/aromatic N) is 1. The summed E-state index contributed by atoms with van der Waals surface area (Å²) >= 11 is 9.79. The number of pyridine rings is 1. The molecular formula is C28H23BrClFN2O3. The fraction of sp³-hybridized carbons (Fsp3) is 0.179. The summed E-state index contributed by atoms with van der Waals surface area (Å²) in [6.07, 6.45) is 0.0470. The molecule has 2 N–H and O–H groups in total. The van der Waals surface area contributed by atoms with Gasteiger partial charge in [-0.1, -0.05) is 57.9 Å². The number of halogens is 3. The van der Waals surface area contributed by atoms with Crippen molar-refractivity contribution < 1.29 is 19.1 Å². The average Bonchev–Trinajstić information content (AvgIpc) is 2.85. The zero-order valence-electron chi connectivity index (χ0n) is 19.4. The van der Waals surface area contributed by atoms with Gasteiger partial charge in [0.05, 0.1) is 16.8 Å². The van der Waals surface area contributed by atoms with Gasteiger partial charge in [-0.2, -0.15) is 0 Å². The van der Waals surface area contributed by atoms with Gasteiger partial charge in [0, 0.05) is 39.3 Å². The molecule has 0 spiro atoms. The van der Waals surface area contributed by atoms with E-state index in [1.165, 1.54) is 18.2 Å². The minimum Gasteiger partial charge on any atom is -0.481 e. The molecular weight excluding hydrogens is 547 g/mol. The molecule has 1 atom stereocenters. The lowest BCUT2D eigenvalue weighted by atomic mass is 9.93. The van der Waals surface area contributed by atoms with Crippen LogP contribution in [0.4, 0.5) is 4.39 Å². The smallest absolute Gasteiger partial charge is 0.303 e. The highest BCUT2D eigenvalue weighted by Crippen LogP contribution is 2.32. The molecule has 0 aliphatic rings. The number of carboxylic acids is 1. The maximum absolute atomic E-state index is 14.0. The van der Waals surface area contributed by atoms with Gasteiger partial charge in [-0.3, -0.25) is 9.59 Å². The predicted molar refractivity (Wildman–Crippen MR) is 143 cm³/mol. The maximum atomic E-state index is 14.0. The van der Waals surface area contributed by atoms with Crippen LogP contribution in [-0.4, -0.2) is 28.5 Å². The van der Waals surface area contributed by atoms with Crippen LogP contribution in [0.3, 0.4) is 0 Å². The van der Waals surface area contributed by atoms with E-state index in [2.05, 4.69) is 21.2 Å². The van der Waals surface area contributed by atoms with Crippen molar-refractivity contribution >= 4 is 50.3 Å². The van der Waals surface area contributed by atoms with E-state index in [0.29, 0.717) is 32.7 Å². The minimum absolute atomic E-state index is 0.0905. The molecule has 1 unspecified atom stereocenters. The number of rotatable bonds is 8. The Morgan fingerprint density at radius 3 is 2.58 bits per heavy atom. The lowest BCUT2D eigenvalue weighted by Gasteiger charge is -2.20. The topological polar surface area (TPSA) is 79.3 Å². The molecule has 1 aromatic heterocycles.